The molecule has 1 aliphatic rings. The van der Waals surface area contributed by atoms with Crippen LogP contribution in [0.4, 0.5) is 5.13 Å². The van der Waals surface area contributed by atoms with E-state index in [1.165, 1.54) is 28.0 Å². The maximum atomic E-state index is 13.5. The van der Waals surface area contributed by atoms with E-state index in [0.717, 1.165) is 5.56 Å². The summed E-state index contributed by atoms with van der Waals surface area (Å²) in [5.41, 5.74) is 2.10. The fraction of sp³-hybridized carbons (Fsp3) is 0.200. The molecule has 2 heterocycles. The van der Waals surface area contributed by atoms with E-state index in [0.29, 0.717) is 45.9 Å². The van der Waals surface area contributed by atoms with E-state index in [-0.39, 0.29) is 16.5 Å². The van der Waals surface area contributed by atoms with Gasteiger partial charge in [0.05, 0.1) is 24.8 Å². The Labute approximate surface area is 240 Å². The van der Waals surface area contributed by atoms with Gasteiger partial charge in [-0.2, -0.15) is 0 Å². The molecule has 0 aliphatic carbocycles. The molecule has 1 amide bonds. The van der Waals surface area contributed by atoms with Crippen molar-refractivity contribution in [3.63, 3.8) is 0 Å². The molecule has 1 N–H and O–H groups in total. The highest BCUT2D eigenvalue weighted by molar-refractivity contribution is 8.00. The summed E-state index contributed by atoms with van der Waals surface area (Å²) in [5, 5.41) is 20.2. The van der Waals surface area contributed by atoms with E-state index >= 15 is 0 Å². The Morgan fingerprint density at radius 3 is 2.38 bits per heavy atom. The molecule has 1 fully saturated rings. The molecule has 1 aromatic heterocycles. The van der Waals surface area contributed by atoms with Crippen molar-refractivity contribution >= 4 is 45.7 Å². The zero-order valence-corrected chi connectivity index (χ0v) is 23.6. The summed E-state index contributed by atoms with van der Waals surface area (Å²) >= 11 is 2.73. The number of amides is 1. The largest absolute Gasteiger partial charge is 0.507 e. The van der Waals surface area contributed by atoms with Gasteiger partial charge in [-0.1, -0.05) is 65.6 Å². The van der Waals surface area contributed by atoms with Crippen LogP contribution >= 0.6 is 23.1 Å². The number of carbonyl (C=O) groups excluding carboxylic acids is 2. The van der Waals surface area contributed by atoms with Crippen LogP contribution in [0, 0.1) is 0 Å². The molecule has 10 heteroatoms. The SMILES string of the molecule is CCOc1ccc(C(O)=C2C(=O)C(=O)N(c3nnc(SCc4ccccc4)s3)C2c2cccc(OCC)c2)cc1. The topological polar surface area (TPSA) is 102 Å². The third kappa shape index (κ3) is 5.73. The summed E-state index contributed by atoms with van der Waals surface area (Å²) in [4.78, 5) is 28.3. The fourth-order valence-corrected chi connectivity index (χ4v) is 6.22. The molecular weight excluding hydrogens is 546 g/mol. The zero-order chi connectivity index (χ0) is 28.1. The predicted molar refractivity (Wildman–Crippen MR) is 156 cm³/mol. The summed E-state index contributed by atoms with van der Waals surface area (Å²) < 4.78 is 11.8. The van der Waals surface area contributed by atoms with Crippen molar-refractivity contribution in [3.05, 3.63) is 101 Å². The van der Waals surface area contributed by atoms with Crippen LogP contribution < -0.4 is 14.4 Å². The van der Waals surface area contributed by atoms with Crippen LogP contribution in [-0.4, -0.2) is 40.2 Å². The molecule has 1 aliphatic heterocycles. The fourth-order valence-electron chi connectivity index (χ4n) is 4.40. The van der Waals surface area contributed by atoms with Gasteiger partial charge in [-0.15, -0.1) is 10.2 Å². The first-order valence-corrected chi connectivity index (χ1v) is 14.6. The van der Waals surface area contributed by atoms with E-state index in [1.54, 1.807) is 48.5 Å². The van der Waals surface area contributed by atoms with Crippen LogP contribution in [0.25, 0.3) is 5.76 Å². The number of aliphatic hydroxyl groups excluding tert-OH is 1. The average molecular weight is 574 g/mol. The van der Waals surface area contributed by atoms with Gasteiger partial charge in [0, 0.05) is 11.3 Å². The number of hydrogen-bond donors (Lipinski definition) is 1. The molecule has 4 aromatic rings. The second-order valence-corrected chi connectivity index (χ2v) is 10.9. The molecule has 0 bridgehead atoms. The highest BCUT2D eigenvalue weighted by Crippen LogP contribution is 2.44. The molecule has 1 unspecified atom stereocenters. The molecule has 1 atom stereocenters. The number of ether oxygens (including phenoxy) is 2. The summed E-state index contributed by atoms with van der Waals surface area (Å²) in [6.45, 7) is 4.71. The smallest absolute Gasteiger partial charge is 0.301 e. The standard InChI is InChI=1S/C30H27N3O5S2/c1-3-37-22-15-13-20(14-16-22)26(34)24-25(21-11-8-12-23(17-21)38-4-2)33(28(36)27(24)35)29-31-32-30(40-29)39-18-19-9-6-5-7-10-19/h5-17,25,34H,3-4,18H2,1-2H3. The third-order valence-corrected chi connectivity index (χ3v) is 8.30. The summed E-state index contributed by atoms with van der Waals surface area (Å²) in [6.07, 6.45) is 0. The number of nitrogens with zero attached hydrogens (tertiary/aromatic N) is 3. The molecular formula is C30H27N3O5S2. The molecule has 0 saturated carbocycles. The van der Waals surface area contributed by atoms with Gasteiger partial charge in [-0.05, 0) is 61.4 Å². The quantitative estimate of drug-likeness (QED) is 0.0781. The predicted octanol–water partition coefficient (Wildman–Crippen LogP) is 6.25. The minimum Gasteiger partial charge on any atom is -0.507 e. The Hall–Kier alpha value is -4.15. The van der Waals surface area contributed by atoms with Crippen molar-refractivity contribution in [2.24, 2.45) is 0 Å². The molecule has 5 rings (SSSR count). The number of thioether (sulfide) groups is 1. The van der Waals surface area contributed by atoms with Crippen molar-refractivity contribution in [1.29, 1.82) is 0 Å². The van der Waals surface area contributed by atoms with Gasteiger partial charge in [-0.25, -0.2) is 0 Å². The third-order valence-electron chi connectivity index (χ3n) is 6.18. The molecule has 40 heavy (non-hydrogen) atoms. The van der Waals surface area contributed by atoms with Crippen LogP contribution in [-0.2, 0) is 15.3 Å². The van der Waals surface area contributed by atoms with Gasteiger partial charge in [0.15, 0.2) is 4.34 Å². The lowest BCUT2D eigenvalue weighted by Crippen LogP contribution is -2.29. The van der Waals surface area contributed by atoms with Crippen LogP contribution in [0.1, 0.15) is 36.6 Å². The lowest BCUT2D eigenvalue weighted by molar-refractivity contribution is -0.132. The number of hydrogen-bond acceptors (Lipinski definition) is 9. The number of aromatic nitrogens is 2. The van der Waals surface area contributed by atoms with E-state index in [2.05, 4.69) is 10.2 Å². The summed E-state index contributed by atoms with van der Waals surface area (Å²) in [5.74, 6) is 0.0463. The molecule has 204 valence electrons. The van der Waals surface area contributed by atoms with Crippen LogP contribution in [0.3, 0.4) is 0 Å². The Morgan fingerprint density at radius 2 is 1.65 bits per heavy atom. The Balaban J connectivity index is 1.55. The second-order valence-electron chi connectivity index (χ2n) is 8.76. The number of benzene rings is 3. The van der Waals surface area contributed by atoms with Crippen LogP contribution in [0.5, 0.6) is 11.5 Å². The highest BCUT2D eigenvalue weighted by Gasteiger charge is 2.48. The first kappa shape index (κ1) is 27.4. The number of aliphatic hydroxyl groups is 1. The lowest BCUT2D eigenvalue weighted by atomic mass is 9.95. The van der Waals surface area contributed by atoms with Crippen LogP contribution in [0.15, 0.2) is 88.8 Å². The monoisotopic (exact) mass is 573 g/mol. The maximum absolute atomic E-state index is 13.5. The number of anilines is 1. The Kier molecular flexibility index (Phi) is 8.47. The van der Waals surface area contributed by atoms with Gasteiger partial charge >= 0.3 is 5.91 Å². The van der Waals surface area contributed by atoms with Crippen molar-refractivity contribution in [3.8, 4) is 11.5 Å². The van der Waals surface area contributed by atoms with Gasteiger partial charge in [0.25, 0.3) is 5.78 Å². The van der Waals surface area contributed by atoms with Gasteiger partial charge in [0.1, 0.15) is 17.3 Å². The second kappa shape index (κ2) is 12.4. The number of carbonyl (C=O) groups is 2. The first-order chi connectivity index (χ1) is 19.5. The molecule has 0 radical (unpaired) electrons. The summed E-state index contributed by atoms with van der Waals surface area (Å²) in [7, 11) is 0. The summed E-state index contributed by atoms with van der Waals surface area (Å²) in [6, 6.07) is 22.9. The maximum Gasteiger partial charge on any atom is 0.301 e. The normalized spacial score (nSPS) is 16.4. The Bertz CT molecular complexity index is 1540. The van der Waals surface area contributed by atoms with Gasteiger partial charge in [-0.3, -0.25) is 14.5 Å². The van der Waals surface area contributed by atoms with Crippen molar-refractivity contribution in [2.45, 2.75) is 30.0 Å². The van der Waals surface area contributed by atoms with E-state index in [9.17, 15) is 14.7 Å². The van der Waals surface area contributed by atoms with E-state index in [1.807, 2.05) is 44.2 Å². The minimum absolute atomic E-state index is 0.0310. The van der Waals surface area contributed by atoms with Crippen molar-refractivity contribution < 1.29 is 24.2 Å². The van der Waals surface area contributed by atoms with Crippen LogP contribution in [0.2, 0.25) is 0 Å². The Morgan fingerprint density at radius 1 is 0.925 bits per heavy atom. The van der Waals surface area contributed by atoms with Crippen molar-refractivity contribution in [2.75, 3.05) is 18.1 Å². The average Bonchev–Trinajstić information content (AvgIpc) is 3.55. The number of rotatable bonds is 10. The molecule has 0 spiro atoms. The van der Waals surface area contributed by atoms with Gasteiger partial charge in [0.2, 0.25) is 5.13 Å². The number of Topliss-reactive ketones (excluding diaryl/α,β-unsaturated/α-hetero) is 1. The first-order valence-electron chi connectivity index (χ1n) is 12.8. The van der Waals surface area contributed by atoms with E-state index < -0.39 is 17.7 Å². The molecule has 1 saturated heterocycles. The molecule has 3 aromatic carbocycles. The van der Waals surface area contributed by atoms with Crippen molar-refractivity contribution in [1.82, 2.24) is 10.2 Å². The lowest BCUT2D eigenvalue weighted by Gasteiger charge is -2.23. The van der Waals surface area contributed by atoms with Gasteiger partial charge < -0.3 is 14.6 Å². The highest BCUT2D eigenvalue weighted by atomic mass is 32.2. The zero-order valence-electron chi connectivity index (χ0n) is 21.9. The number of ketones is 1. The molecule has 8 nitrogen and oxygen atoms in total. The minimum atomic E-state index is -0.924. The van der Waals surface area contributed by atoms with E-state index in [4.69, 9.17) is 9.47 Å².